The Labute approximate surface area is 126 Å². The summed E-state index contributed by atoms with van der Waals surface area (Å²) in [5.41, 5.74) is 0.558. The highest BCUT2D eigenvalue weighted by molar-refractivity contribution is 9.10. The minimum atomic E-state index is -1.06. The zero-order valence-corrected chi connectivity index (χ0v) is 12.3. The van der Waals surface area contributed by atoms with E-state index in [4.69, 9.17) is 23.2 Å². The van der Waals surface area contributed by atoms with Crippen LogP contribution in [0.5, 0.6) is 0 Å². The number of benzene rings is 2. The van der Waals surface area contributed by atoms with Gasteiger partial charge >= 0.3 is 0 Å². The van der Waals surface area contributed by atoms with Crippen molar-refractivity contribution in [1.82, 2.24) is 0 Å². The molecule has 0 aliphatic rings. The van der Waals surface area contributed by atoms with Crippen LogP contribution in [-0.2, 0) is 0 Å². The van der Waals surface area contributed by atoms with Crippen LogP contribution in [0.3, 0.4) is 0 Å². The molecule has 0 heterocycles. The second kappa shape index (κ2) is 5.73. The summed E-state index contributed by atoms with van der Waals surface area (Å²) in [7, 11) is 0. The van der Waals surface area contributed by atoms with Gasteiger partial charge < -0.3 is 0 Å². The van der Waals surface area contributed by atoms with E-state index in [1.54, 1.807) is 0 Å². The van der Waals surface area contributed by atoms with E-state index in [1.165, 1.54) is 18.2 Å². The molecule has 0 spiro atoms. The highest BCUT2D eigenvalue weighted by atomic mass is 79.9. The first kappa shape index (κ1) is 14.7. The minimum Gasteiger partial charge on any atom is -0.207 e. The molecule has 0 radical (unpaired) electrons. The Bertz CT molecular complexity index is 632. The van der Waals surface area contributed by atoms with Gasteiger partial charge in [-0.2, -0.15) is 0 Å². The molecule has 0 N–H and O–H groups in total. The summed E-state index contributed by atoms with van der Waals surface area (Å²) in [6.45, 7) is 0. The van der Waals surface area contributed by atoms with Gasteiger partial charge in [-0.15, -0.1) is 11.6 Å². The molecule has 0 fully saturated rings. The zero-order valence-electron chi connectivity index (χ0n) is 9.23. The first-order valence-corrected chi connectivity index (χ1v) is 6.74. The van der Waals surface area contributed by atoms with Gasteiger partial charge in [-0.05, 0) is 41.5 Å². The Morgan fingerprint density at radius 2 is 1.58 bits per heavy atom. The van der Waals surface area contributed by atoms with Gasteiger partial charge in [0.05, 0.1) is 5.38 Å². The van der Waals surface area contributed by atoms with Crippen LogP contribution in [0, 0.1) is 17.5 Å². The number of hydrogen-bond donors (Lipinski definition) is 0. The molecule has 100 valence electrons. The number of rotatable bonds is 2. The number of hydrogen-bond acceptors (Lipinski definition) is 0. The molecule has 2 aromatic carbocycles. The quantitative estimate of drug-likeness (QED) is 0.460. The minimum absolute atomic E-state index is 0.0185. The molecule has 0 aliphatic heterocycles. The van der Waals surface area contributed by atoms with Gasteiger partial charge in [-0.1, -0.05) is 27.5 Å². The van der Waals surface area contributed by atoms with Crippen molar-refractivity contribution >= 4 is 39.1 Å². The van der Waals surface area contributed by atoms with Crippen LogP contribution >= 0.6 is 39.1 Å². The normalized spacial score (nSPS) is 12.5. The van der Waals surface area contributed by atoms with Crippen molar-refractivity contribution in [3.8, 4) is 0 Å². The summed E-state index contributed by atoms with van der Waals surface area (Å²) in [5.74, 6) is -2.60. The van der Waals surface area contributed by atoms with Gasteiger partial charge in [-0.3, -0.25) is 0 Å². The monoisotopic (exact) mass is 368 g/mol. The third-order valence-corrected chi connectivity index (χ3v) is 4.06. The van der Waals surface area contributed by atoms with Crippen molar-refractivity contribution in [2.45, 2.75) is 5.38 Å². The van der Waals surface area contributed by atoms with Gasteiger partial charge in [0.2, 0.25) is 0 Å². The number of alkyl halides is 1. The molecule has 0 saturated heterocycles. The van der Waals surface area contributed by atoms with E-state index in [2.05, 4.69) is 15.9 Å². The molecule has 2 aromatic rings. The summed E-state index contributed by atoms with van der Waals surface area (Å²) in [6.07, 6.45) is 0. The van der Waals surface area contributed by atoms with Crippen LogP contribution in [0.25, 0.3) is 0 Å². The van der Waals surface area contributed by atoms with E-state index < -0.39 is 22.8 Å². The predicted molar refractivity (Wildman–Crippen MR) is 73.2 cm³/mol. The van der Waals surface area contributed by atoms with Crippen LogP contribution in [0.2, 0.25) is 5.02 Å². The summed E-state index contributed by atoms with van der Waals surface area (Å²) < 4.78 is 40.0. The van der Waals surface area contributed by atoms with Crippen LogP contribution in [0.1, 0.15) is 16.5 Å². The topological polar surface area (TPSA) is 0 Å². The van der Waals surface area contributed by atoms with Gasteiger partial charge in [0.25, 0.3) is 0 Å². The van der Waals surface area contributed by atoms with Crippen molar-refractivity contribution in [3.05, 3.63) is 68.4 Å². The smallest absolute Gasteiger partial charge is 0.160 e. The first-order chi connectivity index (χ1) is 8.90. The summed E-state index contributed by atoms with van der Waals surface area (Å²) in [5, 5.41) is -0.914. The van der Waals surface area contributed by atoms with Gasteiger partial charge in [0, 0.05) is 9.50 Å². The Morgan fingerprint density at radius 3 is 2.26 bits per heavy atom. The molecule has 0 bridgehead atoms. The average molecular weight is 370 g/mol. The molecule has 2 rings (SSSR count). The standard InChI is InChI=1S/C13H6BrCl2F3/c14-9-2-1-6(17)3-7(9)13(16)8-4-11(18)12(19)5-10(8)15/h1-5,13H. The Balaban J connectivity index is 2.52. The van der Waals surface area contributed by atoms with Crippen LogP contribution in [-0.4, -0.2) is 0 Å². The molecule has 0 aliphatic carbocycles. The molecule has 6 heteroatoms. The zero-order chi connectivity index (χ0) is 14.2. The number of halogens is 6. The highest BCUT2D eigenvalue weighted by Gasteiger charge is 2.20. The maximum atomic E-state index is 13.2. The highest BCUT2D eigenvalue weighted by Crippen LogP contribution is 2.38. The maximum absolute atomic E-state index is 13.2. The SMILES string of the molecule is Fc1ccc(Br)c(C(Cl)c2cc(F)c(F)cc2Cl)c1. The summed E-state index contributed by atoms with van der Waals surface area (Å²) in [6, 6.07) is 5.69. The molecule has 0 aromatic heterocycles. The van der Waals surface area contributed by atoms with E-state index in [0.29, 0.717) is 10.0 Å². The molecule has 0 amide bonds. The average Bonchev–Trinajstić information content (AvgIpc) is 2.36. The van der Waals surface area contributed by atoms with Crippen LogP contribution < -0.4 is 0 Å². The van der Waals surface area contributed by atoms with Crippen LogP contribution in [0.4, 0.5) is 13.2 Å². The van der Waals surface area contributed by atoms with Gasteiger partial charge in [0.1, 0.15) is 5.82 Å². The fourth-order valence-electron chi connectivity index (χ4n) is 1.61. The van der Waals surface area contributed by atoms with E-state index in [-0.39, 0.29) is 10.6 Å². The van der Waals surface area contributed by atoms with Crippen LogP contribution in [0.15, 0.2) is 34.8 Å². The largest absolute Gasteiger partial charge is 0.207 e. The Hall–Kier alpha value is -0.710. The fourth-order valence-corrected chi connectivity index (χ4v) is 2.89. The predicted octanol–water partition coefficient (Wildman–Crippen LogP) is 5.85. The van der Waals surface area contributed by atoms with E-state index in [0.717, 1.165) is 12.1 Å². The fraction of sp³-hybridized carbons (Fsp3) is 0.0769. The lowest BCUT2D eigenvalue weighted by Crippen LogP contribution is -1.99. The molecule has 0 nitrogen and oxygen atoms in total. The molecule has 0 saturated carbocycles. The van der Waals surface area contributed by atoms with Crippen molar-refractivity contribution in [2.75, 3.05) is 0 Å². The van der Waals surface area contributed by atoms with E-state index in [9.17, 15) is 13.2 Å². The molecule has 1 atom stereocenters. The van der Waals surface area contributed by atoms with E-state index in [1.807, 2.05) is 0 Å². The lowest BCUT2D eigenvalue weighted by molar-refractivity contribution is 0.507. The first-order valence-electron chi connectivity index (χ1n) is 5.13. The van der Waals surface area contributed by atoms with Crippen molar-refractivity contribution in [3.63, 3.8) is 0 Å². The van der Waals surface area contributed by atoms with Crippen molar-refractivity contribution < 1.29 is 13.2 Å². The Morgan fingerprint density at radius 1 is 0.947 bits per heavy atom. The second-order valence-corrected chi connectivity index (χ2v) is 5.51. The molecular weight excluding hydrogens is 364 g/mol. The lowest BCUT2D eigenvalue weighted by atomic mass is 10.0. The van der Waals surface area contributed by atoms with Gasteiger partial charge in [0.15, 0.2) is 11.6 Å². The molecule has 1 unspecified atom stereocenters. The lowest BCUT2D eigenvalue weighted by Gasteiger charge is -2.14. The van der Waals surface area contributed by atoms with Gasteiger partial charge in [-0.25, -0.2) is 13.2 Å². The summed E-state index contributed by atoms with van der Waals surface area (Å²) >= 11 is 15.2. The van der Waals surface area contributed by atoms with E-state index >= 15 is 0 Å². The summed E-state index contributed by atoms with van der Waals surface area (Å²) in [4.78, 5) is 0. The second-order valence-electron chi connectivity index (χ2n) is 3.82. The third-order valence-electron chi connectivity index (χ3n) is 2.54. The molecular formula is C13H6BrCl2F3. The molecule has 19 heavy (non-hydrogen) atoms. The van der Waals surface area contributed by atoms with Crippen molar-refractivity contribution in [1.29, 1.82) is 0 Å². The third kappa shape index (κ3) is 3.07. The maximum Gasteiger partial charge on any atom is 0.160 e. The Kier molecular flexibility index (Phi) is 4.43. The van der Waals surface area contributed by atoms with Crippen molar-refractivity contribution in [2.24, 2.45) is 0 Å².